The van der Waals surface area contributed by atoms with Crippen molar-refractivity contribution in [3.8, 4) is 0 Å². The largest absolute Gasteiger partial charge is 0.241 e. The van der Waals surface area contributed by atoms with E-state index in [-0.39, 0.29) is 6.54 Å². The fraction of sp³-hybridized carbons (Fsp3) is 0.235. The smallest absolute Gasteiger partial charge is 0.241 e. The maximum atomic E-state index is 12.7. The van der Waals surface area contributed by atoms with Crippen molar-refractivity contribution in [1.29, 1.82) is 0 Å². The molecule has 120 valence electrons. The third-order valence-electron chi connectivity index (χ3n) is 3.83. The first-order valence-corrected chi connectivity index (χ1v) is 8.85. The van der Waals surface area contributed by atoms with Crippen LogP contribution in [0, 0.1) is 20.8 Å². The Kier molecular flexibility index (Phi) is 3.95. The van der Waals surface area contributed by atoms with Gasteiger partial charge >= 0.3 is 0 Å². The van der Waals surface area contributed by atoms with Gasteiger partial charge in [0.15, 0.2) is 0 Å². The quantitative estimate of drug-likeness (QED) is 0.800. The van der Waals surface area contributed by atoms with Gasteiger partial charge in [-0.15, -0.1) is 0 Å². The maximum absolute atomic E-state index is 12.7. The molecule has 0 fully saturated rings. The summed E-state index contributed by atoms with van der Waals surface area (Å²) in [6.45, 7) is 5.82. The minimum absolute atomic E-state index is 0.211. The van der Waals surface area contributed by atoms with Crippen LogP contribution in [0.1, 0.15) is 22.3 Å². The summed E-state index contributed by atoms with van der Waals surface area (Å²) < 4.78 is 29.8. The van der Waals surface area contributed by atoms with E-state index in [0.717, 1.165) is 27.8 Å². The third kappa shape index (κ3) is 3.00. The Hall–Kier alpha value is -2.18. The van der Waals surface area contributed by atoms with Crippen molar-refractivity contribution >= 4 is 15.5 Å². The second-order valence-electron chi connectivity index (χ2n) is 5.75. The van der Waals surface area contributed by atoms with Crippen LogP contribution in [0.25, 0.3) is 5.52 Å². The van der Waals surface area contributed by atoms with Gasteiger partial charge < -0.3 is 0 Å². The molecular weight excluding hydrogens is 310 g/mol. The van der Waals surface area contributed by atoms with E-state index in [1.807, 2.05) is 57.3 Å². The average Bonchev–Trinajstić information content (AvgIpc) is 2.87. The lowest BCUT2D eigenvalue weighted by molar-refractivity contribution is 0.580. The molecule has 0 aliphatic rings. The summed E-state index contributed by atoms with van der Waals surface area (Å²) in [5, 5.41) is 4.22. The molecule has 2 heterocycles. The predicted octanol–water partition coefficient (Wildman–Crippen LogP) is 2.74. The Morgan fingerprint density at radius 3 is 2.52 bits per heavy atom. The van der Waals surface area contributed by atoms with E-state index in [4.69, 9.17) is 0 Å². The summed E-state index contributed by atoms with van der Waals surface area (Å²) in [7, 11) is -3.57. The van der Waals surface area contributed by atoms with Gasteiger partial charge in [-0.25, -0.2) is 17.7 Å². The molecule has 6 heteroatoms. The van der Waals surface area contributed by atoms with Crippen molar-refractivity contribution in [2.24, 2.45) is 0 Å². The van der Waals surface area contributed by atoms with Gasteiger partial charge in [-0.1, -0.05) is 23.8 Å². The number of nitrogens with one attached hydrogen (secondary N) is 1. The molecule has 1 N–H and O–H groups in total. The van der Waals surface area contributed by atoms with Crippen LogP contribution in [-0.2, 0) is 16.6 Å². The second kappa shape index (κ2) is 5.79. The van der Waals surface area contributed by atoms with E-state index in [0.29, 0.717) is 4.90 Å². The fourth-order valence-corrected chi connectivity index (χ4v) is 4.41. The predicted molar refractivity (Wildman–Crippen MR) is 89.9 cm³/mol. The molecular formula is C17H19N3O2S. The van der Waals surface area contributed by atoms with Gasteiger partial charge in [0.1, 0.15) is 0 Å². The van der Waals surface area contributed by atoms with E-state index in [1.54, 1.807) is 10.7 Å². The number of rotatable bonds is 4. The standard InChI is InChI=1S/C17H19N3O2S/c1-12-8-13(2)17(14(3)9-12)23(21,22)19-11-15-10-18-20-7-5-4-6-16(15)20/h4-10,19H,11H2,1-3H3. The molecule has 0 unspecified atom stereocenters. The molecule has 3 aromatic rings. The summed E-state index contributed by atoms with van der Waals surface area (Å²) in [6.07, 6.45) is 3.52. The van der Waals surface area contributed by atoms with Crippen molar-refractivity contribution in [2.45, 2.75) is 32.2 Å². The zero-order valence-corrected chi connectivity index (χ0v) is 14.2. The Morgan fingerprint density at radius 2 is 1.83 bits per heavy atom. The number of pyridine rings is 1. The van der Waals surface area contributed by atoms with Gasteiger partial charge in [-0.05, 0) is 44.0 Å². The molecule has 1 aromatic carbocycles. The van der Waals surface area contributed by atoms with Crippen molar-refractivity contribution < 1.29 is 8.42 Å². The highest BCUT2D eigenvalue weighted by atomic mass is 32.2. The van der Waals surface area contributed by atoms with Crippen LogP contribution < -0.4 is 4.72 Å². The van der Waals surface area contributed by atoms with Crippen LogP contribution >= 0.6 is 0 Å². The van der Waals surface area contributed by atoms with E-state index < -0.39 is 10.0 Å². The maximum Gasteiger partial charge on any atom is 0.241 e. The van der Waals surface area contributed by atoms with Crippen molar-refractivity contribution in [3.05, 3.63) is 65.0 Å². The first-order valence-electron chi connectivity index (χ1n) is 7.37. The molecule has 5 nitrogen and oxygen atoms in total. The van der Waals surface area contributed by atoms with Crippen molar-refractivity contribution in [2.75, 3.05) is 0 Å². The zero-order valence-electron chi connectivity index (χ0n) is 13.4. The summed E-state index contributed by atoms with van der Waals surface area (Å²) in [5.41, 5.74) is 4.32. The van der Waals surface area contributed by atoms with Crippen LogP contribution in [-0.4, -0.2) is 18.0 Å². The van der Waals surface area contributed by atoms with Gasteiger partial charge in [0.2, 0.25) is 10.0 Å². The van der Waals surface area contributed by atoms with Crippen molar-refractivity contribution in [3.63, 3.8) is 0 Å². The number of sulfonamides is 1. The van der Waals surface area contributed by atoms with E-state index >= 15 is 0 Å². The number of benzene rings is 1. The molecule has 3 rings (SSSR count). The highest BCUT2D eigenvalue weighted by Gasteiger charge is 2.20. The van der Waals surface area contributed by atoms with Gasteiger partial charge in [-0.3, -0.25) is 0 Å². The summed E-state index contributed by atoms with van der Waals surface area (Å²) in [4.78, 5) is 0.361. The minimum Gasteiger partial charge on any atom is -0.241 e. The molecule has 0 bridgehead atoms. The van der Waals surface area contributed by atoms with Gasteiger partial charge in [0, 0.05) is 18.3 Å². The molecule has 0 aliphatic heterocycles. The highest BCUT2D eigenvalue weighted by molar-refractivity contribution is 7.89. The first-order chi connectivity index (χ1) is 10.9. The normalized spacial score (nSPS) is 12.0. The van der Waals surface area contributed by atoms with Crippen LogP contribution in [0.2, 0.25) is 0 Å². The van der Waals surface area contributed by atoms with Crippen LogP contribution in [0.4, 0.5) is 0 Å². The van der Waals surface area contributed by atoms with E-state index in [1.165, 1.54) is 0 Å². The van der Waals surface area contributed by atoms with Crippen LogP contribution in [0.15, 0.2) is 47.6 Å². The lowest BCUT2D eigenvalue weighted by Gasteiger charge is -2.13. The second-order valence-corrected chi connectivity index (χ2v) is 7.46. The Labute approximate surface area is 136 Å². The zero-order chi connectivity index (χ0) is 16.6. The number of nitrogens with zero attached hydrogens (tertiary/aromatic N) is 2. The minimum atomic E-state index is -3.57. The molecule has 0 saturated heterocycles. The Morgan fingerprint density at radius 1 is 1.13 bits per heavy atom. The monoisotopic (exact) mass is 329 g/mol. The molecule has 23 heavy (non-hydrogen) atoms. The topological polar surface area (TPSA) is 63.5 Å². The molecule has 0 radical (unpaired) electrons. The molecule has 0 aliphatic carbocycles. The van der Waals surface area contributed by atoms with E-state index in [9.17, 15) is 8.42 Å². The number of aryl methyl sites for hydroxylation is 3. The summed E-state index contributed by atoms with van der Waals surface area (Å²) in [5.74, 6) is 0. The lowest BCUT2D eigenvalue weighted by atomic mass is 10.1. The number of fused-ring (bicyclic) bond motifs is 1. The SMILES string of the molecule is Cc1cc(C)c(S(=O)(=O)NCc2cnn3ccccc23)c(C)c1. The third-order valence-corrected chi connectivity index (χ3v) is 5.54. The molecule has 0 saturated carbocycles. The molecule has 0 atom stereocenters. The molecule has 0 amide bonds. The molecule has 2 aromatic heterocycles. The van der Waals surface area contributed by atoms with Crippen molar-refractivity contribution in [1.82, 2.24) is 14.3 Å². The Balaban J connectivity index is 1.91. The number of hydrogen-bond donors (Lipinski definition) is 1. The summed E-state index contributed by atoms with van der Waals surface area (Å²) >= 11 is 0. The Bertz CT molecular complexity index is 951. The van der Waals surface area contributed by atoms with Gasteiger partial charge in [0.25, 0.3) is 0 Å². The summed E-state index contributed by atoms with van der Waals surface area (Å²) in [6, 6.07) is 9.48. The number of aromatic nitrogens is 2. The van der Waals surface area contributed by atoms with Crippen LogP contribution in [0.3, 0.4) is 0 Å². The average molecular weight is 329 g/mol. The highest BCUT2D eigenvalue weighted by Crippen LogP contribution is 2.22. The van der Waals surface area contributed by atoms with Gasteiger partial charge in [-0.2, -0.15) is 5.10 Å². The number of hydrogen-bond acceptors (Lipinski definition) is 3. The fourth-order valence-electron chi connectivity index (χ4n) is 2.96. The van der Waals surface area contributed by atoms with E-state index in [2.05, 4.69) is 9.82 Å². The van der Waals surface area contributed by atoms with Gasteiger partial charge in [0.05, 0.1) is 16.6 Å². The first kappa shape index (κ1) is 15.7. The lowest BCUT2D eigenvalue weighted by Crippen LogP contribution is -2.24. The van der Waals surface area contributed by atoms with Crippen LogP contribution in [0.5, 0.6) is 0 Å². The molecule has 0 spiro atoms.